The number of nitrogens with zero attached hydrogens (tertiary/aromatic N) is 1. The minimum atomic E-state index is -1.28. The molecule has 1 aromatic heterocycles. The molecule has 134 valence electrons. The molecule has 2 N–H and O–H groups in total. The van der Waals surface area contributed by atoms with Crippen molar-refractivity contribution in [3.8, 4) is 0 Å². The molecule has 0 saturated heterocycles. The van der Waals surface area contributed by atoms with Crippen molar-refractivity contribution in [1.82, 2.24) is 10.2 Å². The number of imide groups is 1. The molecule has 2 aliphatic rings. The Hall–Kier alpha value is -2.93. The van der Waals surface area contributed by atoms with Gasteiger partial charge in [-0.3, -0.25) is 19.3 Å². The second-order valence-electron chi connectivity index (χ2n) is 6.69. The fourth-order valence-corrected chi connectivity index (χ4v) is 3.33. The van der Waals surface area contributed by atoms with E-state index in [-0.39, 0.29) is 19.0 Å². The number of aliphatic hydroxyl groups is 1. The first kappa shape index (κ1) is 16.5. The lowest BCUT2D eigenvalue weighted by Gasteiger charge is -2.26. The summed E-state index contributed by atoms with van der Waals surface area (Å²) in [6.45, 7) is -0.418. The number of rotatable bonds is 6. The van der Waals surface area contributed by atoms with Crippen LogP contribution in [0.2, 0.25) is 0 Å². The SMILES string of the molecule is O=C(CN1C(=O)c2ccccc2C1=O)NCC(O)(c1ccco1)C1CC1. The molecule has 3 amide bonds. The average Bonchev–Trinajstić information content (AvgIpc) is 3.32. The Bertz CT molecular complexity index is 837. The Balaban J connectivity index is 1.42. The molecule has 1 atom stereocenters. The van der Waals surface area contributed by atoms with Crippen LogP contribution in [0.25, 0.3) is 0 Å². The first-order valence-corrected chi connectivity index (χ1v) is 8.49. The van der Waals surface area contributed by atoms with Crippen molar-refractivity contribution in [3.05, 3.63) is 59.5 Å². The smallest absolute Gasteiger partial charge is 0.262 e. The topological polar surface area (TPSA) is 99.9 Å². The van der Waals surface area contributed by atoms with Crippen molar-refractivity contribution >= 4 is 17.7 Å². The molecule has 7 heteroatoms. The average molecular weight is 354 g/mol. The van der Waals surface area contributed by atoms with Gasteiger partial charge >= 0.3 is 0 Å². The van der Waals surface area contributed by atoms with Gasteiger partial charge in [0.05, 0.1) is 23.9 Å². The summed E-state index contributed by atoms with van der Waals surface area (Å²) in [7, 11) is 0. The van der Waals surface area contributed by atoms with Crippen molar-refractivity contribution in [2.45, 2.75) is 18.4 Å². The third kappa shape index (κ3) is 2.70. The lowest BCUT2D eigenvalue weighted by Crippen LogP contribution is -2.46. The fraction of sp³-hybridized carbons (Fsp3) is 0.316. The van der Waals surface area contributed by atoms with E-state index in [1.54, 1.807) is 36.4 Å². The molecule has 4 rings (SSSR count). The van der Waals surface area contributed by atoms with Gasteiger partial charge in [0.1, 0.15) is 17.9 Å². The Morgan fingerprint density at radius 1 is 1.15 bits per heavy atom. The Morgan fingerprint density at radius 3 is 2.35 bits per heavy atom. The summed E-state index contributed by atoms with van der Waals surface area (Å²) in [4.78, 5) is 37.8. The molecule has 1 fully saturated rings. The van der Waals surface area contributed by atoms with Crippen LogP contribution in [-0.2, 0) is 10.4 Å². The van der Waals surface area contributed by atoms with Crippen molar-refractivity contribution < 1.29 is 23.9 Å². The van der Waals surface area contributed by atoms with Gasteiger partial charge in [0.2, 0.25) is 5.91 Å². The Labute approximate surface area is 149 Å². The zero-order valence-electron chi connectivity index (χ0n) is 14.0. The van der Waals surface area contributed by atoms with E-state index in [4.69, 9.17) is 4.42 Å². The van der Waals surface area contributed by atoms with E-state index in [9.17, 15) is 19.5 Å². The number of amides is 3. The first-order chi connectivity index (χ1) is 12.5. The summed E-state index contributed by atoms with van der Waals surface area (Å²) in [6, 6.07) is 9.84. The largest absolute Gasteiger partial charge is 0.466 e. The number of furan rings is 1. The third-order valence-corrected chi connectivity index (χ3v) is 4.94. The maximum Gasteiger partial charge on any atom is 0.262 e. The lowest BCUT2D eigenvalue weighted by molar-refractivity contribution is -0.123. The number of carbonyl (C=O) groups is 3. The van der Waals surface area contributed by atoms with E-state index in [0.29, 0.717) is 16.9 Å². The molecule has 1 aliphatic carbocycles. The molecular formula is C19H18N2O5. The lowest BCUT2D eigenvalue weighted by atomic mass is 9.94. The van der Waals surface area contributed by atoms with Crippen LogP contribution in [0.4, 0.5) is 0 Å². The number of carbonyl (C=O) groups excluding carboxylic acids is 3. The van der Waals surface area contributed by atoms with E-state index in [1.165, 1.54) is 6.26 Å². The van der Waals surface area contributed by atoms with E-state index in [0.717, 1.165) is 17.7 Å². The highest BCUT2D eigenvalue weighted by Gasteiger charge is 2.47. The standard InChI is InChI=1S/C19H18N2O5/c22-16(10-21-17(23)13-4-1-2-5-14(13)18(21)24)20-11-19(25,12-7-8-12)15-6-3-9-26-15/h1-6,9,12,25H,7-8,10-11H2,(H,20,22). The number of fused-ring (bicyclic) bond motifs is 1. The summed E-state index contributed by atoms with van der Waals surface area (Å²) >= 11 is 0. The van der Waals surface area contributed by atoms with E-state index in [2.05, 4.69) is 5.32 Å². The summed E-state index contributed by atoms with van der Waals surface area (Å²) in [5.41, 5.74) is -0.674. The van der Waals surface area contributed by atoms with Crippen LogP contribution in [0.5, 0.6) is 0 Å². The summed E-state index contributed by atoms with van der Waals surface area (Å²) in [5, 5.41) is 13.5. The van der Waals surface area contributed by atoms with Crippen LogP contribution in [0.1, 0.15) is 39.3 Å². The third-order valence-electron chi connectivity index (χ3n) is 4.94. The van der Waals surface area contributed by atoms with Crippen LogP contribution < -0.4 is 5.32 Å². The molecular weight excluding hydrogens is 336 g/mol. The highest BCUT2D eigenvalue weighted by Crippen LogP contribution is 2.45. The van der Waals surface area contributed by atoms with Crippen molar-refractivity contribution in [2.75, 3.05) is 13.1 Å². The van der Waals surface area contributed by atoms with E-state index in [1.807, 2.05) is 0 Å². The van der Waals surface area contributed by atoms with Crippen LogP contribution in [0.3, 0.4) is 0 Å². The normalized spacial score (nSPS) is 18.6. The van der Waals surface area contributed by atoms with Gasteiger partial charge in [0, 0.05) is 0 Å². The predicted octanol–water partition coefficient (Wildman–Crippen LogP) is 1.29. The molecule has 7 nitrogen and oxygen atoms in total. The van der Waals surface area contributed by atoms with Gasteiger partial charge in [0.15, 0.2) is 0 Å². The van der Waals surface area contributed by atoms with E-state index < -0.39 is 23.3 Å². The van der Waals surface area contributed by atoms with Gasteiger partial charge in [-0.2, -0.15) is 0 Å². The molecule has 2 heterocycles. The number of hydrogen-bond acceptors (Lipinski definition) is 5. The monoisotopic (exact) mass is 354 g/mol. The Morgan fingerprint density at radius 2 is 1.81 bits per heavy atom. The molecule has 1 unspecified atom stereocenters. The number of nitrogens with one attached hydrogen (secondary N) is 1. The van der Waals surface area contributed by atoms with Crippen LogP contribution >= 0.6 is 0 Å². The molecule has 0 spiro atoms. The second-order valence-corrected chi connectivity index (χ2v) is 6.69. The quantitative estimate of drug-likeness (QED) is 0.762. The van der Waals surface area contributed by atoms with Crippen LogP contribution in [0.15, 0.2) is 47.1 Å². The van der Waals surface area contributed by atoms with Crippen LogP contribution in [0, 0.1) is 5.92 Å². The second kappa shape index (κ2) is 6.10. The van der Waals surface area contributed by atoms with Gasteiger partial charge < -0.3 is 14.8 Å². The molecule has 1 aliphatic heterocycles. The van der Waals surface area contributed by atoms with Crippen molar-refractivity contribution in [3.63, 3.8) is 0 Å². The van der Waals surface area contributed by atoms with Gasteiger partial charge in [-0.1, -0.05) is 12.1 Å². The van der Waals surface area contributed by atoms with Gasteiger partial charge in [-0.05, 0) is 43.0 Å². The van der Waals surface area contributed by atoms with Crippen molar-refractivity contribution in [2.24, 2.45) is 5.92 Å². The zero-order valence-corrected chi connectivity index (χ0v) is 14.0. The summed E-state index contributed by atoms with van der Waals surface area (Å²) in [6.07, 6.45) is 3.18. The first-order valence-electron chi connectivity index (χ1n) is 8.49. The molecule has 2 aromatic rings. The maximum absolute atomic E-state index is 12.3. The molecule has 0 bridgehead atoms. The summed E-state index contributed by atoms with van der Waals surface area (Å²) in [5.74, 6) is -1.05. The van der Waals surface area contributed by atoms with Crippen molar-refractivity contribution in [1.29, 1.82) is 0 Å². The highest BCUT2D eigenvalue weighted by molar-refractivity contribution is 6.22. The fourth-order valence-electron chi connectivity index (χ4n) is 3.33. The molecule has 0 radical (unpaired) electrons. The predicted molar refractivity (Wildman–Crippen MR) is 90.1 cm³/mol. The van der Waals surface area contributed by atoms with Gasteiger partial charge in [-0.15, -0.1) is 0 Å². The summed E-state index contributed by atoms with van der Waals surface area (Å²) < 4.78 is 5.32. The number of hydrogen-bond donors (Lipinski definition) is 2. The van der Waals surface area contributed by atoms with Crippen LogP contribution in [-0.4, -0.2) is 40.8 Å². The minimum absolute atomic E-state index is 0.0215. The van der Waals surface area contributed by atoms with Gasteiger partial charge in [-0.25, -0.2) is 0 Å². The molecule has 1 saturated carbocycles. The van der Waals surface area contributed by atoms with E-state index >= 15 is 0 Å². The Kier molecular flexibility index (Phi) is 3.88. The molecule has 26 heavy (non-hydrogen) atoms. The number of benzene rings is 1. The van der Waals surface area contributed by atoms with Gasteiger partial charge in [0.25, 0.3) is 11.8 Å². The zero-order chi connectivity index (χ0) is 18.3. The molecule has 1 aromatic carbocycles. The minimum Gasteiger partial charge on any atom is -0.466 e. The highest BCUT2D eigenvalue weighted by atomic mass is 16.4. The maximum atomic E-state index is 12.3.